The van der Waals surface area contributed by atoms with Crippen molar-refractivity contribution in [2.24, 2.45) is 0 Å². The molecular formula is C17H16N4O3S. The Bertz CT molecular complexity index is 925. The van der Waals surface area contributed by atoms with E-state index in [1.54, 1.807) is 6.07 Å². The van der Waals surface area contributed by atoms with Gasteiger partial charge in [0.15, 0.2) is 0 Å². The zero-order valence-electron chi connectivity index (χ0n) is 13.7. The summed E-state index contributed by atoms with van der Waals surface area (Å²) in [6.07, 6.45) is 2.58. The van der Waals surface area contributed by atoms with Gasteiger partial charge in [0.2, 0.25) is 0 Å². The molecule has 2 heterocycles. The van der Waals surface area contributed by atoms with Gasteiger partial charge in [-0.2, -0.15) is 5.10 Å². The van der Waals surface area contributed by atoms with Crippen LogP contribution in [0.4, 0.5) is 11.4 Å². The topological polar surface area (TPSA) is 90.1 Å². The number of hydrogen-bond donors (Lipinski definition) is 1. The molecule has 7 nitrogen and oxygen atoms in total. The number of nitrogens with one attached hydrogen (secondary N) is 1. The number of rotatable bonds is 5. The van der Waals surface area contributed by atoms with Crippen molar-refractivity contribution in [2.75, 3.05) is 5.32 Å². The maximum Gasteiger partial charge on any atom is 0.307 e. The van der Waals surface area contributed by atoms with E-state index in [-0.39, 0.29) is 11.6 Å². The standard InChI is InChI=1S/C17H16N4O3S/c1-11-4-3-5-12(2)16(11)19-17(22)15-6-13(10-25-15)8-20-9-14(7-18-20)21(23)24/h3-7,9-10H,8H2,1-2H3,(H,19,22). The molecule has 0 fully saturated rings. The van der Waals surface area contributed by atoms with Crippen molar-refractivity contribution in [3.05, 3.63) is 73.7 Å². The van der Waals surface area contributed by atoms with E-state index in [1.165, 1.54) is 28.4 Å². The molecule has 0 spiro atoms. The van der Waals surface area contributed by atoms with E-state index in [4.69, 9.17) is 0 Å². The summed E-state index contributed by atoms with van der Waals surface area (Å²) < 4.78 is 1.48. The van der Waals surface area contributed by atoms with Crippen molar-refractivity contribution >= 4 is 28.6 Å². The molecule has 3 aromatic rings. The molecule has 2 aromatic heterocycles. The van der Waals surface area contributed by atoms with Gasteiger partial charge < -0.3 is 5.32 Å². The van der Waals surface area contributed by atoms with Crippen molar-refractivity contribution < 1.29 is 9.72 Å². The average molecular weight is 356 g/mol. The Morgan fingerprint density at radius 1 is 1.36 bits per heavy atom. The number of anilines is 1. The van der Waals surface area contributed by atoms with Crippen LogP contribution in [0.1, 0.15) is 26.4 Å². The number of nitro groups is 1. The van der Waals surface area contributed by atoms with Gasteiger partial charge in [0, 0.05) is 5.69 Å². The number of thiophene rings is 1. The summed E-state index contributed by atoms with van der Waals surface area (Å²) in [6, 6.07) is 7.63. The van der Waals surface area contributed by atoms with Gasteiger partial charge in [-0.15, -0.1) is 11.3 Å². The first kappa shape index (κ1) is 16.8. The first-order valence-electron chi connectivity index (χ1n) is 7.56. The summed E-state index contributed by atoms with van der Waals surface area (Å²) in [5, 5.41) is 19.5. The molecule has 8 heteroatoms. The highest BCUT2D eigenvalue weighted by Crippen LogP contribution is 2.23. The highest BCUT2D eigenvalue weighted by atomic mass is 32.1. The van der Waals surface area contributed by atoms with E-state index in [0.29, 0.717) is 11.4 Å². The van der Waals surface area contributed by atoms with Crippen LogP contribution in [0.25, 0.3) is 0 Å². The van der Waals surface area contributed by atoms with E-state index in [0.717, 1.165) is 22.4 Å². The molecular weight excluding hydrogens is 340 g/mol. The van der Waals surface area contributed by atoms with Gasteiger partial charge in [-0.25, -0.2) is 0 Å². The van der Waals surface area contributed by atoms with Gasteiger partial charge in [-0.1, -0.05) is 18.2 Å². The number of hydrogen-bond acceptors (Lipinski definition) is 5. The third-order valence-electron chi connectivity index (χ3n) is 3.77. The molecule has 0 saturated carbocycles. The molecule has 0 bridgehead atoms. The minimum atomic E-state index is -0.486. The molecule has 0 aliphatic rings. The Morgan fingerprint density at radius 3 is 2.72 bits per heavy atom. The normalized spacial score (nSPS) is 10.6. The molecule has 3 rings (SSSR count). The third kappa shape index (κ3) is 3.74. The van der Waals surface area contributed by atoms with Crippen LogP contribution in [0, 0.1) is 24.0 Å². The van der Waals surface area contributed by atoms with Gasteiger partial charge in [0.1, 0.15) is 12.4 Å². The number of nitrogens with zero attached hydrogens (tertiary/aromatic N) is 3. The van der Waals surface area contributed by atoms with Crippen LogP contribution in [-0.2, 0) is 6.54 Å². The predicted molar refractivity (Wildman–Crippen MR) is 96.2 cm³/mol. The summed E-state index contributed by atoms with van der Waals surface area (Å²) >= 11 is 1.33. The lowest BCUT2D eigenvalue weighted by Crippen LogP contribution is -2.12. The van der Waals surface area contributed by atoms with E-state index < -0.39 is 4.92 Å². The van der Waals surface area contributed by atoms with E-state index in [1.807, 2.05) is 37.4 Å². The average Bonchev–Trinajstić information content (AvgIpc) is 3.21. The third-order valence-corrected chi connectivity index (χ3v) is 4.75. The van der Waals surface area contributed by atoms with Crippen LogP contribution in [-0.4, -0.2) is 20.6 Å². The largest absolute Gasteiger partial charge is 0.321 e. The molecule has 128 valence electrons. The molecule has 0 aliphatic heterocycles. The summed E-state index contributed by atoms with van der Waals surface area (Å²) in [6.45, 7) is 4.28. The maximum absolute atomic E-state index is 12.5. The zero-order chi connectivity index (χ0) is 18.0. The number of aryl methyl sites for hydroxylation is 2. The highest BCUT2D eigenvalue weighted by molar-refractivity contribution is 7.12. The SMILES string of the molecule is Cc1cccc(C)c1NC(=O)c1cc(Cn2cc([N+](=O)[O-])cn2)cs1. The number of aromatic nitrogens is 2. The molecule has 0 atom stereocenters. The zero-order valence-corrected chi connectivity index (χ0v) is 14.5. The lowest BCUT2D eigenvalue weighted by Gasteiger charge is -2.10. The number of carbonyl (C=O) groups excluding carboxylic acids is 1. The molecule has 1 amide bonds. The lowest BCUT2D eigenvalue weighted by atomic mass is 10.1. The van der Waals surface area contributed by atoms with Gasteiger partial charge in [-0.3, -0.25) is 19.6 Å². The highest BCUT2D eigenvalue weighted by Gasteiger charge is 2.14. The molecule has 25 heavy (non-hydrogen) atoms. The Hall–Kier alpha value is -3.00. The first-order chi connectivity index (χ1) is 11.9. The van der Waals surface area contributed by atoms with Crippen LogP contribution >= 0.6 is 11.3 Å². The second-order valence-electron chi connectivity index (χ2n) is 5.69. The van der Waals surface area contributed by atoms with Crippen molar-refractivity contribution in [1.82, 2.24) is 9.78 Å². The Kier molecular flexibility index (Phi) is 4.62. The maximum atomic E-state index is 12.5. The van der Waals surface area contributed by atoms with Crippen molar-refractivity contribution in [2.45, 2.75) is 20.4 Å². The van der Waals surface area contributed by atoms with E-state index in [9.17, 15) is 14.9 Å². The summed E-state index contributed by atoms with van der Waals surface area (Å²) in [5.74, 6) is -0.167. The van der Waals surface area contributed by atoms with Crippen LogP contribution < -0.4 is 5.32 Å². The molecule has 1 aromatic carbocycles. The fourth-order valence-corrected chi connectivity index (χ4v) is 3.28. The molecule has 0 aliphatic carbocycles. The quantitative estimate of drug-likeness (QED) is 0.556. The first-order valence-corrected chi connectivity index (χ1v) is 8.44. The fraction of sp³-hybridized carbons (Fsp3) is 0.176. The van der Waals surface area contributed by atoms with Gasteiger partial charge in [0.05, 0.1) is 16.3 Å². The summed E-state index contributed by atoms with van der Waals surface area (Å²) in [7, 11) is 0. The summed E-state index contributed by atoms with van der Waals surface area (Å²) in [4.78, 5) is 23.3. The molecule has 0 unspecified atom stereocenters. The molecule has 0 saturated heterocycles. The Balaban J connectivity index is 1.72. The van der Waals surface area contributed by atoms with Crippen molar-refractivity contribution in [1.29, 1.82) is 0 Å². The van der Waals surface area contributed by atoms with Crippen LogP contribution in [0.15, 0.2) is 42.0 Å². The second-order valence-corrected chi connectivity index (χ2v) is 6.60. The smallest absolute Gasteiger partial charge is 0.307 e. The minimum absolute atomic E-state index is 0.0526. The second kappa shape index (κ2) is 6.86. The van der Waals surface area contributed by atoms with E-state index in [2.05, 4.69) is 10.4 Å². The van der Waals surface area contributed by atoms with Crippen LogP contribution in [0.5, 0.6) is 0 Å². The number of benzene rings is 1. The van der Waals surface area contributed by atoms with Crippen molar-refractivity contribution in [3.63, 3.8) is 0 Å². The number of para-hydroxylation sites is 1. The monoisotopic (exact) mass is 356 g/mol. The van der Waals surface area contributed by atoms with Crippen LogP contribution in [0.3, 0.4) is 0 Å². The summed E-state index contributed by atoms with van der Waals surface area (Å²) in [5.41, 5.74) is 3.66. The fourth-order valence-electron chi connectivity index (χ4n) is 2.48. The van der Waals surface area contributed by atoms with Gasteiger partial charge >= 0.3 is 5.69 Å². The Labute approximate surface area is 148 Å². The Morgan fingerprint density at radius 2 is 2.08 bits per heavy atom. The van der Waals surface area contributed by atoms with Crippen molar-refractivity contribution in [3.8, 4) is 0 Å². The van der Waals surface area contributed by atoms with Crippen LogP contribution in [0.2, 0.25) is 0 Å². The minimum Gasteiger partial charge on any atom is -0.321 e. The van der Waals surface area contributed by atoms with E-state index >= 15 is 0 Å². The molecule has 0 radical (unpaired) electrons. The lowest BCUT2D eigenvalue weighted by molar-refractivity contribution is -0.385. The number of amides is 1. The van der Waals surface area contributed by atoms with Gasteiger partial charge in [0.25, 0.3) is 5.91 Å². The molecule has 1 N–H and O–H groups in total. The predicted octanol–water partition coefficient (Wildman–Crippen LogP) is 3.77. The number of carbonyl (C=O) groups is 1. The van der Waals surface area contributed by atoms with Gasteiger partial charge in [-0.05, 0) is 42.0 Å².